The van der Waals surface area contributed by atoms with Crippen LogP contribution >= 0.6 is 12.6 Å². The molecule has 0 saturated heterocycles. The molecule has 2 unspecified atom stereocenters. The van der Waals surface area contributed by atoms with E-state index in [-0.39, 0.29) is 18.6 Å². The third kappa shape index (κ3) is 35.1. The predicted molar refractivity (Wildman–Crippen MR) is 201 cm³/mol. The first-order chi connectivity index (χ1) is 22.0. The van der Waals surface area contributed by atoms with Gasteiger partial charge in [-0.15, -0.1) is 0 Å². The number of carbonyl (C=O) groups is 4. The molecule has 2 atom stereocenters. The van der Waals surface area contributed by atoms with Crippen LogP contribution in [0.2, 0.25) is 26.6 Å². The van der Waals surface area contributed by atoms with Gasteiger partial charge in [0.25, 0.3) is 0 Å². The molecule has 0 aliphatic heterocycles. The van der Waals surface area contributed by atoms with Crippen LogP contribution in [0.15, 0.2) is 0 Å². The maximum atomic E-state index is 11.5. The number of nitrogens with two attached hydrogens (primary N) is 1. The zero-order chi connectivity index (χ0) is 35.6. The third-order valence-electron chi connectivity index (χ3n) is 7.55. The average Bonchev–Trinajstić information content (AvgIpc) is 3.04. The van der Waals surface area contributed by atoms with Crippen LogP contribution in [0.25, 0.3) is 0 Å². The van der Waals surface area contributed by atoms with Crippen LogP contribution in [0.5, 0.6) is 0 Å². The topological polar surface area (TPSA) is 159 Å². The molecule has 272 valence electrons. The van der Waals surface area contributed by atoms with E-state index in [1.54, 1.807) is 26.6 Å². The number of nitrogens with one attached hydrogen (secondary N) is 2. The van der Waals surface area contributed by atoms with Gasteiger partial charge in [0.2, 0.25) is 11.8 Å². The predicted octanol–water partition coefficient (Wildman–Crippen LogP) is 7.56. The van der Waals surface area contributed by atoms with Gasteiger partial charge in [0.05, 0.1) is 0 Å². The van der Waals surface area contributed by atoms with Crippen molar-refractivity contribution in [3.05, 3.63) is 0 Å². The van der Waals surface area contributed by atoms with E-state index < -0.39 is 81.9 Å². The molecule has 0 fully saturated rings. The number of thiol groups is 1. The fourth-order valence-electron chi connectivity index (χ4n) is 4.47. The number of carboxylic acid groups (broad SMARTS) is 2. The van der Waals surface area contributed by atoms with Gasteiger partial charge in [0.1, 0.15) is 18.6 Å². The van der Waals surface area contributed by atoms with Crippen LogP contribution in [0.1, 0.15) is 131 Å². The van der Waals surface area contributed by atoms with Crippen molar-refractivity contribution in [2.45, 2.75) is 170 Å². The molecule has 2 amide bonds. The Labute approximate surface area is 302 Å². The molecule has 46 heavy (non-hydrogen) atoms. The van der Waals surface area contributed by atoms with Gasteiger partial charge in [-0.25, -0.2) is 0 Å². The van der Waals surface area contributed by atoms with Crippen molar-refractivity contribution in [1.29, 1.82) is 0 Å². The fraction of sp³-hybridized carbons (Fsp3) is 0.882. The van der Waals surface area contributed by atoms with E-state index in [2.05, 4.69) is 64.8 Å². The zero-order valence-corrected chi connectivity index (χ0v) is 36.9. The number of rotatable bonds is 27. The molecule has 0 aliphatic carbocycles. The maximum absolute atomic E-state index is 11.5. The summed E-state index contributed by atoms with van der Waals surface area (Å²) in [5.74, 6) is -3.70. The Balaban J connectivity index is -0.000000627. The van der Waals surface area contributed by atoms with Crippen LogP contribution in [0.3, 0.4) is 0 Å². The van der Waals surface area contributed by atoms with Gasteiger partial charge in [0.15, 0.2) is 0 Å². The summed E-state index contributed by atoms with van der Waals surface area (Å²) in [6.07, 6.45) is 17.5. The summed E-state index contributed by atoms with van der Waals surface area (Å²) in [7, 11) is 0. The van der Waals surface area contributed by atoms with Crippen LogP contribution in [-0.4, -0.2) is 97.9 Å². The zero-order valence-electron chi connectivity index (χ0n) is 30.3. The molecular formula is C34H71N3O6SSn2. The van der Waals surface area contributed by atoms with Gasteiger partial charge in [-0.2, -0.15) is 12.6 Å². The van der Waals surface area contributed by atoms with Crippen LogP contribution in [0, 0.1) is 0 Å². The summed E-state index contributed by atoms with van der Waals surface area (Å²) in [6, 6.07) is -2.15. The second-order valence-corrected chi connectivity index (χ2v) is 29.5. The number of carbonyl (C=O) groups excluding carboxylic acids is 2. The fourth-order valence-corrected chi connectivity index (χ4v) is 23.6. The third-order valence-corrected chi connectivity index (χ3v) is 26.1. The minimum atomic E-state index is -1.22. The quantitative estimate of drug-likeness (QED) is 0.0367. The number of amides is 2. The number of unbranched alkanes of at least 4 members (excludes halogenated alkanes) is 6. The molecule has 0 spiro atoms. The largest absolute Gasteiger partial charge is 0.480 e. The number of hydrogen-bond acceptors (Lipinski definition) is 6. The standard InChI is InChI=1S/C10H17N3O6S.6C4H9.2Sn/c11-5(10(18)19)1-2-7(14)13-6(4-20)9(17)12-3-8(15)16;6*1-3-4-2;;/h5-6,20H,1-4,11H2,(H,12,17)(H,13,14)(H,15,16)(H,18,19);6*1,3-4H2,2H3;;. The Bertz CT molecular complexity index is 690. The molecule has 0 aliphatic rings. The summed E-state index contributed by atoms with van der Waals surface area (Å²) in [6.45, 7) is 13.4. The molecule has 0 aromatic heterocycles. The monoisotopic (exact) mass is 889 g/mol. The first kappa shape index (κ1) is 50.2. The van der Waals surface area contributed by atoms with E-state index in [9.17, 15) is 19.2 Å². The van der Waals surface area contributed by atoms with Gasteiger partial charge in [0, 0.05) is 12.2 Å². The van der Waals surface area contributed by atoms with Crippen molar-refractivity contribution < 1.29 is 29.4 Å². The molecule has 6 N–H and O–H groups in total. The van der Waals surface area contributed by atoms with Gasteiger partial charge >= 0.3 is 197 Å². The molecule has 2 radical (unpaired) electrons. The van der Waals surface area contributed by atoms with Crippen molar-refractivity contribution in [3.63, 3.8) is 0 Å². The Hall–Kier alpha value is -0.213. The summed E-state index contributed by atoms with van der Waals surface area (Å²) in [5, 5.41) is 21.4. The minimum absolute atomic E-state index is 0.0256. The van der Waals surface area contributed by atoms with Gasteiger partial charge < -0.3 is 26.6 Å². The maximum Gasteiger partial charge on any atom is 0.322 e. The second kappa shape index (κ2) is 37.6. The van der Waals surface area contributed by atoms with E-state index in [4.69, 9.17) is 15.9 Å². The Morgan fingerprint density at radius 2 is 1.02 bits per heavy atom. The van der Waals surface area contributed by atoms with E-state index in [0.717, 1.165) is 0 Å². The molecule has 9 nitrogen and oxygen atoms in total. The van der Waals surface area contributed by atoms with Gasteiger partial charge in [-0.1, -0.05) is 0 Å². The molecule has 0 bridgehead atoms. The smallest absolute Gasteiger partial charge is 0.322 e. The van der Waals surface area contributed by atoms with Crippen LogP contribution < -0.4 is 16.4 Å². The van der Waals surface area contributed by atoms with Crippen molar-refractivity contribution in [2.75, 3.05) is 12.3 Å². The van der Waals surface area contributed by atoms with E-state index in [1.165, 1.54) is 77.0 Å². The first-order valence-electron chi connectivity index (χ1n) is 18.0. The summed E-state index contributed by atoms with van der Waals surface area (Å²) in [5.41, 5.74) is 5.23. The Morgan fingerprint density at radius 1 is 0.674 bits per heavy atom. The SMILES string of the molecule is CCC[CH2][Sn]([CH2]CCC)[CH2]CCC.CCC[CH2][Sn]([CH2]CCC)[CH2]CCC.NC(CCC(=O)NC(CS)C(=O)NCC(=O)O)C(=O)O. The molecule has 12 heteroatoms. The van der Waals surface area contributed by atoms with E-state index in [0.29, 0.717) is 0 Å². The Morgan fingerprint density at radius 3 is 1.28 bits per heavy atom. The normalized spacial score (nSPS) is 12.0. The summed E-state index contributed by atoms with van der Waals surface area (Å²) < 4.78 is 10.1. The minimum Gasteiger partial charge on any atom is -0.480 e. The molecule has 0 aromatic carbocycles. The van der Waals surface area contributed by atoms with Gasteiger partial charge in [-0.3, -0.25) is 19.2 Å². The van der Waals surface area contributed by atoms with Gasteiger partial charge in [-0.05, 0) is 6.42 Å². The number of hydrogen-bond donors (Lipinski definition) is 6. The number of carboxylic acids is 2. The van der Waals surface area contributed by atoms with Crippen LogP contribution in [-0.2, 0) is 19.2 Å². The van der Waals surface area contributed by atoms with Crippen LogP contribution in [0.4, 0.5) is 0 Å². The summed E-state index contributed by atoms with van der Waals surface area (Å²) >= 11 is 2.20. The molecule has 0 heterocycles. The van der Waals surface area contributed by atoms with E-state index in [1.807, 2.05) is 0 Å². The van der Waals surface area contributed by atoms with Crippen molar-refractivity contribution in [1.82, 2.24) is 10.6 Å². The summed E-state index contributed by atoms with van der Waals surface area (Å²) in [4.78, 5) is 43.7. The second-order valence-electron chi connectivity index (χ2n) is 12.0. The Kier molecular flexibility index (Phi) is 41.0. The average molecular weight is 887 g/mol. The molecule has 0 aromatic rings. The molecular weight excluding hydrogens is 816 g/mol. The first-order valence-corrected chi connectivity index (χ1v) is 30.8. The van der Waals surface area contributed by atoms with Crippen molar-refractivity contribution >= 4 is 75.9 Å². The van der Waals surface area contributed by atoms with Crippen molar-refractivity contribution in [2.24, 2.45) is 5.73 Å². The van der Waals surface area contributed by atoms with E-state index >= 15 is 0 Å². The molecule has 0 saturated carbocycles. The molecule has 0 rings (SSSR count). The van der Waals surface area contributed by atoms with Crippen molar-refractivity contribution in [3.8, 4) is 0 Å². The number of aliphatic carboxylic acids is 2.